The second-order valence-corrected chi connectivity index (χ2v) is 4.73. The third kappa shape index (κ3) is 2.63. The van der Waals surface area contributed by atoms with Crippen molar-refractivity contribution in [3.05, 3.63) is 17.5 Å². The van der Waals surface area contributed by atoms with Gasteiger partial charge in [0.2, 0.25) is 0 Å². The molecule has 0 amide bonds. The largest absolute Gasteiger partial charge is 0.522 e. The molecule has 10 heteroatoms. The zero-order valence-corrected chi connectivity index (χ0v) is 10.8. The first-order valence-corrected chi connectivity index (χ1v) is 6.16. The van der Waals surface area contributed by atoms with E-state index in [-0.39, 0.29) is 18.1 Å². The lowest BCUT2D eigenvalue weighted by Gasteiger charge is -2.19. The number of nitrogens with zero attached hydrogens (tertiary/aromatic N) is 5. The summed E-state index contributed by atoms with van der Waals surface area (Å²) in [6.45, 7) is 0.534. The number of hydrogen-bond donors (Lipinski definition) is 0. The Hall–Kier alpha value is -1.61. The van der Waals surface area contributed by atoms with Crippen LogP contribution in [0.1, 0.15) is 6.42 Å². The molecule has 2 aromatic heterocycles. The Bertz CT molecular complexity index is 631. The maximum absolute atomic E-state index is 12.2. The summed E-state index contributed by atoms with van der Waals surface area (Å²) in [4.78, 5) is 5.76. The van der Waals surface area contributed by atoms with E-state index >= 15 is 0 Å². The van der Waals surface area contributed by atoms with E-state index in [2.05, 4.69) is 19.9 Å². The van der Waals surface area contributed by atoms with Crippen molar-refractivity contribution in [2.24, 2.45) is 0 Å². The lowest BCUT2D eigenvalue weighted by molar-refractivity contribution is -0.339. The quantitative estimate of drug-likeness (QED) is 0.848. The molecular weight excluding hydrogens is 299 g/mol. The first-order chi connectivity index (χ1) is 9.42. The molecular formula is C10H9ClF3N5O. The van der Waals surface area contributed by atoms with Crippen LogP contribution in [0.25, 0.3) is 5.65 Å². The maximum atomic E-state index is 12.2. The number of fused-ring (bicyclic) bond motifs is 1. The molecule has 3 heterocycles. The van der Waals surface area contributed by atoms with Gasteiger partial charge in [-0.05, 0) is 6.42 Å². The molecule has 1 aliphatic heterocycles. The first-order valence-electron chi connectivity index (χ1n) is 5.78. The van der Waals surface area contributed by atoms with E-state index in [4.69, 9.17) is 11.6 Å². The molecule has 0 bridgehead atoms. The molecule has 2 aromatic rings. The van der Waals surface area contributed by atoms with Crippen molar-refractivity contribution >= 4 is 22.9 Å². The predicted octanol–water partition coefficient (Wildman–Crippen LogP) is 1.89. The van der Waals surface area contributed by atoms with Crippen LogP contribution in [0.5, 0.6) is 0 Å². The Kier molecular flexibility index (Phi) is 3.17. The molecule has 1 aliphatic rings. The van der Waals surface area contributed by atoms with E-state index in [9.17, 15) is 13.2 Å². The molecule has 1 fully saturated rings. The fraction of sp³-hybridized carbons (Fsp3) is 0.500. The van der Waals surface area contributed by atoms with Crippen LogP contribution in [-0.4, -0.2) is 45.4 Å². The van der Waals surface area contributed by atoms with Gasteiger partial charge >= 0.3 is 6.36 Å². The van der Waals surface area contributed by atoms with Crippen LogP contribution < -0.4 is 4.90 Å². The minimum atomic E-state index is -4.62. The fourth-order valence-corrected chi connectivity index (χ4v) is 2.41. The number of alkyl halides is 3. The normalized spacial score (nSPS) is 20.0. The molecule has 0 radical (unpaired) electrons. The van der Waals surface area contributed by atoms with Gasteiger partial charge in [-0.15, -0.1) is 28.0 Å². The van der Waals surface area contributed by atoms with Crippen molar-refractivity contribution in [2.45, 2.75) is 18.9 Å². The van der Waals surface area contributed by atoms with Gasteiger partial charge in [0.1, 0.15) is 6.33 Å². The van der Waals surface area contributed by atoms with E-state index in [0.717, 1.165) is 0 Å². The summed E-state index contributed by atoms with van der Waals surface area (Å²) in [6.07, 6.45) is -3.94. The van der Waals surface area contributed by atoms with Crippen molar-refractivity contribution in [1.29, 1.82) is 0 Å². The van der Waals surface area contributed by atoms with Crippen molar-refractivity contribution < 1.29 is 17.9 Å². The standard InChI is InChI=1S/C10H9ClF3N5O/c11-8-3-7(9-15-5-16-19(9)17-8)18-2-1-6(4-18)20-10(12,13)14/h3,5-6H,1-2,4H2/t6-/m1/s1. The highest BCUT2D eigenvalue weighted by Crippen LogP contribution is 2.29. The molecule has 1 atom stereocenters. The van der Waals surface area contributed by atoms with Crippen molar-refractivity contribution in [3.8, 4) is 0 Å². The van der Waals surface area contributed by atoms with Gasteiger partial charge in [-0.2, -0.15) is 0 Å². The molecule has 0 spiro atoms. The second-order valence-electron chi connectivity index (χ2n) is 4.35. The summed E-state index contributed by atoms with van der Waals surface area (Å²) in [7, 11) is 0. The Morgan fingerprint density at radius 3 is 2.95 bits per heavy atom. The van der Waals surface area contributed by atoms with Crippen LogP contribution in [0.3, 0.4) is 0 Å². The van der Waals surface area contributed by atoms with Gasteiger partial charge < -0.3 is 4.90 Å². The summed E-state index contributed by atoms with van der Waals surface area (Å²) in [5, 5.41) is 7.97. The van der Waals surface area contributed by atoms with Crippen LogP contribution in [-0.2, 0) is 4.74 Å². The van der Waals surface area contributed by atoms with Gasteiger partial charge in [-0.1, -0.05) is 11.6 Å². The molecule has 0 unspecified atom stereocenters. The number of anilines is 1. The number of rotatable bonds is 2. The minimum absolute atomic E-state index is 0.113. The lowest BCUT2D eigenvalue weighted by atomic mass is 10.3. The second kappa shape index (κ2) is 4.74. The molecule has 0 N–H and O–H groups in total. The van der Waals surface area contributed by atoms with E-state index in [1.807, 2.05) is 0 Å². The van der Waals surface area contributed by atoms with E-state index in [1.165, 1.54) is 11.0 Å². The molecule has 6 nitrogen and oxygen atoms in total. The van der Waals surface area contributed by atoms with Gasteiger partial charge in [0.15, 0.2) is 10.8 Å². The van der Waals surface area contributed by atoms with Crippen LogP contribution >= 0.6 is 11.6 Å². The summed E-state index contributed by atoms with van der Waals surface area (Å²) < 4.78 is 41.9. The molecule has 20 heavy (non-hydrogen) atoms. The number of aromatic nitrogens is 4. The van der Waals surface area contributed by atoms with Crippen molar-refractivity contribution in [3.63, 3.8) is 0 Å². The zero-order chi connectivity index (χ0) is 14.3. The van der Waals surface area contributed by atoms with Crippen LogP contribution in [0.15, 0.2) is 12.4 Å². The SMILES string of the molecule is FC(F)(F)O[C@@H]1CCN(c2cc(Cl)nn3ncnc23)C1. The summed E-state index contributed by atoms with van der Waals surface area (Å²) in [5.41, 5.74) is 1.04. The monoisotopic (exact) mass is 307 g/mol. The summed E-state index contributed by atoms with van der Waals surface area (Å²) >= 11 is 5.86. The average Bonchev–Trinajstić information content (AvgIpc) is 2.94. The Labute approximate surface area is 116 Å². The predicted molar refractivity (Wildman–Crippen MR) is 63.6 cm³/mol. The van der Waals surface area contributed by atoms with Gasteiger partial charge in [0.05, 0.1) is 11.8 Å². The molecule has 3 rings (SSSR count). The van der Waals surface area contributed by atoms with E-state index < -0.39 is 12.5 Å². The zero-order valence-electron chi connectivity index (χ0n) is 10.0. The fourth-order valence-electron chi connectivity index (χ4n) is 2.24. The highest BCUT2D eigenvalue weighted by atomic mass is 35.5. The van der Waals surface area contributed by atoms with Gasteiger partial charge in [-0.3, -0.25) is 4.74 Å². The van der Waals surface area contributed by atoms with Gasteiger partial charge in [0.25, 0.3) is 0 Å². The Morgan fingerprint density at radius 2 is 2.20 bits per heavy atom. The van der Waals surface area contributed by atoms with Crippen LogP contribution in [0.4, 0.5) is 18.9 Å². The molecule has 108 valence electrons. The topological polar surface area (TPSA) is 55.5 Å². The maximum Gasteiger partial charge on any atom is 0.522 e. The molecule has 0 aliphatic carbocycles. The number of hydrogen-bond acceptors (Lipinski definition) is 5. The van der Waals surface area contributed by atoms with Crippen molar-refractivity contribution in [2.75, 3.05) is 18.0 Å². The molecule has 1 saturated heterocycles. The first kappa shape index (κ1) is 13.4. The molecule has 0 aromatic carbocycles. The lowest BCUT2D eigenvalue weighted by Crippen LogP contribution is -2.28. The minimum Gasteiger partial charge on any atom is -0.366 e. The van der Waals surface area contributed by atoms with E-state index in [0.29, 0.717) is 17.9 Å². The number of halogens is 4. The van der Waals surface area contributed by atoms with Crippen LogP contribution in [0, 0.1) is 0 Å². The Balaban J connectivity index is 1.84. The summed E-state index contributed by atoms with van der Waals surface area (Å²) in [6, 6.07) is 1.56. The number of ether oxygens (including phenoxy) is 1. The van der Waals surface area contributed by atoms with Gasteiger partial charge in [-0.25, -0.2) is 4.98 Å². The summed E-state index contributed by atoms with van der Waals surface area (Å²) in [5.74, 6) is 0. The van der Waals surface area contributed by atoms with Gasteiger partial charge in [0, 0.05) is 19.2 Å². The third-order valence-electron chi connectivity index (χ3n) is 2.99. The van der Waals surface area contributed by atoms with Crippen molar-refractivity contribution in [1.82, 2.24) is 19.8 Å². The third-order valence-corrected chi connectivity index (χ3v) is 3.18. The highest BCUT2D eigenvalue weighted by molar-refractivity contribution is 6.29. The Morgan fingerprint density at radius 1 is 1.40 bits per heavy atom. The molecule has 0 saturated carbocycles. The highest BCUT2D eigenvalue weighted by Gasteiger charge is 2.37. The van der Waals surface area contributed by atoms with Crippen LogP contribution in [0.2, 0.25) is 5.15 Å². The smallest absolute Gasteiger partial charge is 0.366 e. The van der Waals surface area contributed by atoms with E-state index in [1.54, 1.807) is 11.0 Å². The average molecular weight is 308 g/mol.